The van der Waals surface area contributed by atoms with E-state index in [0.29, 0.717) is 12.4 Å². The minimum atomic E-state index is 0.0645. The zero-order valence-corrected chi connectivity index (χ0v) is 12.2. The van der Waals surface area contributed by atoms with Gasteiger partial charge in [-0.2, -0.15) is 0 Å². The van der Waals surface area contributed by atoms with Crippen LogP contribution < -0.4 is 0 Å². The summed E-state index contributed by atoms with van der Waals surface area (Å²) in [6.07, 6.45) is 0. The summed E-state index contributed by atoms with van der Waals surface area (Å²) in [7, 11) is 1.80. The van der Waals surface area contributed by atoms with Crippen LogP contribution in [-0.4, -0.2) is 34.0 Å². The molecule has 102 valence electrons. The van der Waals surface area contributed by atoms with E-state index in [1.54, 1.807) is 11.9 Å². The molecule has 1 aromatic carbocycles. The molecule has 0 aliphatic rings. The first-order chi connectivity index (χ1) is 9.06. The Labute approximate surface area is 118 Å². The van der Waals surface area contributed by atoms with Crippen molar-refractivity contribution in [2.24, 2.45) is 0 Å². The van der Waals surface area contributed by atoms with Crippen LogP contribution in [0.15, 0.2) is 18.2 Å². The second kappa shape index (κ2) is 5.61. The van der Waals surface area contributed by atoms with Crippen molar-refractivity contribution in [3.8, 4) is 0 Å². The van der Waals surface area contributed by atoms with Gasteiger partial charge in [0.25, 0.3) is 0 Å². The number of nitrogens with zero attached hydrogens (tertiary/aromatic N) is 3. The second-order valence-corrected chi connectivity index (χ2v) is 4.92. The van der Waals surface area contributed by atoms with Crippen LogP contribution in [-0.2, 0) is 17.2 Å². The Morgan fingerprint density at radius 2 is 2.21 bits per heavy atom. The number of alkyl halides is 1. The number of aromatic nitrogens is 2. The molecule has 0 saturated carbocycles. The van der Waals surface area contributed by atoms with Crippen molar-refractivity contribution in [2.45, 2.75) is 26.3 Å². The largest absolute Gasteiger partial charge is 0.344 e. The van der Waals surface area contributed by atoms with Gasteiger partial charge in [-0.1, -0.05) is 6.07 Å². The van der Waals surface area contributed by atoms with E-state index in [-0.39, 0.29) is 12.5 Å². The quantitative estimate of drug-likeness (QED) is 0.807. The summed E-state index contributed by atoms with van der Waals surface area (Å²) in [5.74, 6) is 1.10. The summed E-state index contributed by atoms with van der Waals surface area (Å²) in [6.45, 7) is 4.96. The van der Waals surface area contributed by atoms with E-state index in [1.807, 2.05) is 36.6 Å². The van der Waals surface area contributed by atoms with Crippen LogP contribution in [0.1, 0.15) is 18.3 Å². The Morgan fingerprint density at radius 1 is 1.47 bits per heavy atom. The first-order valence-corrected chi connectivity index (χ1v) is 6.86. The van der Waals surface area contributed by atoms with Gasteiger partial charge < -0.3 is 9.47 Å². The Kier molecular flexibility index (Phi) is 4.10. The number of aryl methyl sites for hydroxylation is 1. The number of halogens is 1. The van der Waals surface area contributed by atoms with Crippen molar-refractivity contribution in [3.63, 3.8) is 0 Å². The maximum absolute atomic E-state index is 12.1. The molecule has 0 fully saturated rings. The van der Waals surface area contributed by atoms with Gasteiger partial charge in [0.1, 0.15) is 12.4 Å². The summed E-state index contributed by atoms with van der Waals surface area (Å²) < 4.78 is 1.91. The Hall–Kier alpha value is -1.55. The Morgan fingerprint density at radius 3 is 2.84 bits per heavy atom. The number of carbonyl (C=O) groups is 1. The molecule has 0 bridgehead atoms. The van der Waals surface area contributed by atoms with Crippen LogP contribution in [0.25, 0.3) is 11.0 Å². The number of rotatable bonds is 4. The molecular weight excluding hydrogens is 262 g/mol. The summed E-state index contributed by atoms with van der Waals surface area (Å²) in [5.41, 5.74) is 2.99. The minimum absolute atomic E-state index is 0.0645. The van der Waals surface area contributed by atoms with E-state index < -0.39 is 0 Å². The third-order valence-electron chi connectivity index (χ3n) is 3.30. The third kappa shape index (κ3) is 2.73. The summed E-state index contributed by atoms with van der Waals surface area (Å²) in [5, 5.41) is 0. The fourth-order valence-corrected chi connectivity index (χ4v) is 2.20. The van der Waals surface area contributed by atoms with E-state index >= 15 is 0 Å². The molecule has 0 unspecified atom stereocenters. The zero-order valence-electron chi connectivity index (χ0n) is 11.5. The number of likely N-dealkylation sites (N-methyl/N-ethyl adjacent to an activating group) is 1. The molecule has 5 heteroatoms. The van der Waals surface area contributed by atoms with Gasteiger partial charge in [0.2, 0.25) is 5.91 Å². The molecule has 0 aliphatic carbocycles. The van der Waals surface area contributed by atoms with Crippen LogP contribution in [0.3, 0.4) is 0 Å². The van der Waals surface area contributed by atoms with Crippen LogP contribution in [0, 0.1) is 6.92 Å². The van der Waals surface area contributed by atoms with E-state index in [0.717, 1.165) is 22.4 Å². The van der Waals surface area contributed by atoms with Gasteiger partial charge in [-0.15, -0.1) is 11.6 Å². The highest BCUT2D eigenvalue weighted by molar-refractivity contribution is 6.16. The Bertz CT molecular complexity index is 606. The van der Waals surface area contributed by atoms with E-state index in [1.165, 1.54) is 0 Å². The van der Waals surface area contributed by atoms with Gasteiger partial charge in [0.15, 0.2) is 0 Å². The summed E-state index contributed by atoms with van der Waals surface area (Å²) >= 11 is 5.93. The standard InChI is InChI=1S/C14H18ClN3O/c1-4-17(3)14(19)9-18-12-7-10(2)5-6-11(12)16-13(18)8-15/h5-7H,4,8-9H2,1-3H3. The second-order valence-electron chi connectivity index (χ2n) is 4.65. The zero-order chi connectivity index (χ0) is 14.0. The molecule has 19 heavy (non-hydrogen) atoms. The maximum atomic E-state index is 12.1. The van der Waals surface area contributed by atoms with Gasteiger partial charge in [-0.05, 0) is 31.5 Å². The highest BCUT2D eigenvalue weighted by Crippen LogP contribution is 2.19. The minimum Gasteiger partial charge on any atom is -0.344 e. The van der Waals surface area contributed by atoms with E-state index in [9.17, 15) is 4.79 Å². The molecule has 2 aromatic rings. The number of carbonyl (C=O) groups excluding carboxylic acids is 1. The number of imidazole rings is 1. The number of amides is 1. The van der Waals surface area contributed by atoms with Crippen molar-refractivity contribution in [2.75, 3.05) is 13.6 Å². The molecular formula is C14H18ClN3O. The van der Waals surface area contributed by atoms with Crippen molar-refractivity contribution >= 4 is 28.5 Å². The molecule has 0 aliphatic heterocycles. The maximum Gasteiger partial charge on any atom is 0.242 e. The van der Waals surface area contributed by atoms with Crippen molar-refractivity contribution in [3.05, 3.63) is 29.6 Å². The average Bonchev–Trinajstić information content (AvgIpc) is 2.75. The van der Waals surface area contributed by atoms with Crippen LogP contribution >= 0.6 is 11.6 Å². The predicted octanol–water partition coefficient (Wildman–Crippen LogP) is 2.56. The first kappa shape index (κ1) is 13.9. The highest BCUT2D eigenvalue weighted by Gasteiger charge is 2.15. The molecule has 1 heterocycles. The molecule has 0 radical (unpaired) electrons. The average molecular weight is 280 g/mol. The van der Waals surface area contributed by atoms with Gasteiger partial charge in [0.05, 0.1) is 16.9 Å². The fourth-order valence-electron chi connectivity index (χ4n) is 1.99. The lowest BCUT2D eigenvalue weighted by Gasteiger charge is -2.16. The van der Waals surface area contributed by atoms with Crippen molar-refractivity contribution < 1.29 is 4.79 Å². The number of benzene rings is 1. The normalized spacial score (nSPS) is 10.9. The molecule has 0 atom stereocenters. The molecule has 0 N–H and O–H groups in total. The lowest BCUT2D eigenvalue weighted by atomic mass is 10.2. The molecule has 4 nitrogen and oxygen atoms in total. The van der Waals surface area contributed by atoms with Gasteiger partial charge >= 0.3 is 0 Å². The monoisotopic (exact) mass is 279 g/mol. The highest BCUT2D eigenvalue weighted by atomic mass is 35.5. The molecule has 1 aromatic heterocycles. The first-order valence-electron chi connectivity index (χ1n) is 6.32. The van der Waals surface area contributed by atoms with Gasteiger partial charge in [-0.3, -0.25) is 4.79 Å². The van der Waals surface area contributed by atoms with Crippen LogP contribution in [0.4, 0.5) is 0 Å². The lowest BCUT2D eigenvalue weighted by molar-refractivity contribution is -0.130. The summed E-state index contributed by atoms with van der Waals surface area (Å²) in [6, 6.07) is 6.01. The third-order valence-corrected chi connectivity index (χ3v) is 3.53. The van der Waals surface area contributed by atoms with Crippen molar-refractivity contribution in [1.29, 1.82) is 0 Å². The fraction of sp³-hybridized carbons (Fsp3) is 0.429. The van der Waals surface area contributed by atoms with Gasteiger partial charge in [0, 0.05) is 13.6 Å². The predicted molar refractivity (Wildman–Crippen MR) is 77.3 cm³/mol. The summed E-state index contributed by atoms with van der Waals surface area (Å²) in [4.78, 5) is 18.2. The van der Waals surface area contributed by atoms with Crippen LogP contribution in [0.2, 0.25) is 0 Å². The number of fused-ring (bicyclic) bond motifs is 1. The number of hydrogen-bond donors (Lipinski definition) is 0. The van der Waals surface area contributed by atoms with Crippen molar-refractivity contribution in [1.82, 2.24) is 14.5 Å². The van der Waals surface area contributed by atoms with E-state index in [4.69, 9.17) is 11.6 Å². The molecule has 0 spiro atoms. The lowest BCUT2D eigenvalue weighted by Crippen LogP contribution is -2.30. The topological polar surface area (TPSA) is 38.1 Å². The SMILES string of the molecule is CCN(C)C(=O)Cn1c(CCl)nc2ccc(C)cc21. The Balaban J connectivity index is 2.45. The molecule has 1 amide bonds. The van der Waals surface area contributed by atoms with Gasteiger partial charge in [-0.25, -0.2) is 4.98 Å². The smallest absolute Gasteiger partial charge is 0.242 e. The molecule has 0 saturated heterocycles. The number of hydrogen-bond acceptors (Lipinski definition) is 2. The molecule has 2 rings (SSSR count). The van der Waals surface area contributed by atoms with Crippen LogP contribution in [0.5, 0.6) is 0 Å². The van der Waals surface area contributed by atoms with E-state index in [2.05, 4.69) is 4.98 Å².